The molecule has 0 radical (unpaired) electrons. The Kier molecular flexibility index (Phi) is 5.68. The number of benzene rings is 2. The third-order valence-electron chi connectivity index (χ3n) is 3.26. The minimum atomic E-state index is 0.210. The summed E-state index contributed by atoms with van der Waals surface area (Å²) in [5, 5.41) is 4.03. The van der Waals surface area contributed by atoms with Crippen molar-refractivity contribution < 1.29 is 4.74 Å². The molecule has 0 spiro atoms. The van der Waals surface area contributed by atoms with E-state index < -0.39 is 0 Å². The van der Waals surface area contributed by atoms with Crippen molar-refractivity contribution in [3.63, 3.8) is 0 Å². The molecule has 1 N–H and O–H groups in total. The molecule has 0 amide bonds. The molecular formula is C17H19BrClNO. The molecule has 0 saturated heterocycles. The Morgan fingerprint density at radius 2 is 1.95 bits per heavy atom. The Morgan fingerprint density at radius 3 is 2.62 bits per heavy atom. The molecule has 0 aromatic heterocycles. The van der Waals surface area contributed by atoms with Crippen LogP contribution in [0.1, 0.15) is 31.0 Å². The van der Waals surface area contributed by atoms with Crippen LogP contribution in [0.25, 0.3) is 0 Å². The van der Waals surface area contributed by atoms with Crippen LogP contribution in [-0.4, -0.2) is 6.54 Å². The topological polar surface area (TPSA) is 21.3 Å². The van der Waals surface area contributed by atoms with Crippen LogP contribution in [0.5, 0.6) is 11.5 Å². The molecule has 0 aliphatic carbocycles. The van der Waals surface area contributed by atoms with Crippen molar-refractivity contribution in [2.45, 2.75) is 26.8 Å². The van der Waals surface area contributed by atoms with Crippen molar-refractivity contribution in [2.75, 3.05) is 6.54 Å². The Morgan fingerprint density at radius 1 is 1.19 bits per heavy atom. The van der Waals surface area contributed by atoms with Gasteiger partial charge in [-0.1, -0.05) is 46.6 Å². The van der Waals surface area contributed by atoms with E-state index in [4.69, 9.17) is 16.3 Å². The molecule has 112 valence electrons. The van der Waals surface area contributed by atoms with Gasteiger partial charge in [0.15, 0.2) is 0 Å². The summed E-state index contributed by atoms with van der Waals surface area (Å²) in [5.41, 5.74) is 2.22. The summed E-state index contributed by atoms with van der Waals surface area (Å²) >= 11 is 9.75. The van der Waals surface area contributed by atoms with Gasteiger partial charge >= 0.3 is 0 Å². The van der Waals surface area contributed by atoms with E-state index in [0.29, 0.717) is 10.8 Å². The molecule has 1 atom stereocenters. The molecule has 0 fully saturated rings. The van der Waals surface area contributed by atoms with E-state index in [-0.39, 0.29) is 6.04 Å². The maximum atomic E-state index is 6.26. The second-order valence-corrected chi connectivity index (χ2v) is 6.32. The molecule has 4 heteroatoms. The van der Waals surface area contributed by atoms with E-state index in [1.54, 1.807) is 0 Å². The predicted octanol–water partition coefficient (Wildman–Crippen LogP) is 5.87. The third kappa shape index (κ3) is 4.22. The van der Waals surface area contributed by atoms with Gasteiger partial charge in [0.2, 0.25) is 0 Å². The molecule has 2 nitrogen and oxygen atoms in total. The highest BCUT2D eigenvalue weighted by molar-refractivity contribution is 9.10. The second kappa shape index (κ2) is 7.30. The summed E-state index contributed by atoms with van der Waals surface area (Å²) in [7, 11) is 0. The lowest BCUT2D eigenvalue weighted by molar-refractivity contribution is 0.463. The van der Waals surface area contributed by atoms with Gasteiger partial charge in [-0.15, -0.1) is 0 Å². The maximum absolute atomic E-state index is 6.26. The number of hydrogen-bond acceptors (Lipinski definition) is 2. The normalized spacial score (nSPS) is 12.2. The van der Waals surface area contributed by atoms with E-state index >= 15 is 0 Å². The second-order valence-electron chi connectivity index (χ2n) is 5.00. The van der Waals surface area contributed by atoms with Gasteiger partial charge in [0, 0.05) is 16.1 Å². The number of aryl methyl sites for hydroxylation is 1. The first-order chi connectivity index (χ1) is 10.0. The van der Waals surface area contributed by atoms with E-state index in [2.05, 4.69) is 41.2 Å². The highest BCUT2D eigenvalue weighted by Gasteiger charge is 2.13. The molecule has 2 rings (SSSR count). The minimum absolute atomic E-state index is 0.210. The van der Waals surface area contributed by atoms with Crippen LogP contribution in [-0.2, 0) is 0 Å². The van der Waals surface area contributed by atoms with Crippen LogP contribution in [0.4, 0.5) is 0 Å². The molecule has 0 heterocycles. The Balaban J connectivity index is 2.35. The largest absolute Gasteiger partial charge is 0.455 e. The molecule has 0 bridgehead atoms. The van der Waals surface area contributed by atoms with Crippen LogP contribution in [0.3, 0.4) is 0 Å². The van der Waals surface area contributed by atoms with E-state index in [1.807, 2.05) is 37.3 Å². The van der Waals surface area contributed by atoms with Crippen LogP contribution < -0.4 is 10.1 Å². The van der Waals surface area contributed by atoms with Crippen molar-refractivity contribution >= 4 is 27.5 Å². The lowest BCUT2D eigenvalue weighted by Crippen LogP contribution is -2.18. The molecule has 2 aromatic carbocycles. The number of nitrogens with one attached hydrogen (secondary N) is 1. The van der Waals surface area contributed by atoms with Gasteiger partial charge in [-0.25, -0.2) is 0 Å². The maximum Gasteiger partial charge on any atom is 0.146 e. The Labute approximate surface area is 139 Å². The number of ether oxygens (including phenoxy) is 1. The fraction of sp³-hybridized carbons (Fsp3) is 0.294. The van der Waals surface area contributed by atoms with Gasteiger partial charge in [0.1, 0.15) is 11.5 Å². The molecule has 1 unspecified atom stereocenters. The minimum Gasteiger partial charge on any atom is -0.455 e. The van der Waals surface area contributed by atoms with Crippen molar-refractivity contribution in [1.29, 1.82) is 0 Å². The first-order valence-electron chi connectivity index (χ1n) is 6.98. The molecule has 0 aliphatic rings. The summed E-state index contributed by atoms with van der Waals surface area (Å²) in [6.45, 7) is 7.12. The van der Waals surface area contributed by atoms with Crippen LogP contribution in [0.2, 0.25) is 5.02 Å². The predicted molar refractivity (Wildman–Crippen MR) is 92.5 cm³/mol. The Hall–Kier alpha value is -1.03. The zero-order valence-corrected chi connectivity index (χ0v) is 14.8. The summed E-state index contributed by atoms with van der Waals surface area (Å²) in [6, 6.07) is 12.1. The lowest BCUT2D eigenvalue weighted by Gasteiger charge is -2.18. The van der Waals surface area contributed by atoms with Gasteiger partial charge in [-0.3, -0.25) is 0 Å². The number of rotatable bonds is 5. The average Bonchev–Trinajstić information content (AvgIpc) is 2.42. The monoisotopic (exact) mass is 367 g/mol. The van der Waals surface area contributed by atoms with Gasteiger partial charge in [0.05, 0.1) is 5.02 Å². The molecule has 0 aliphatic heterocycles. The lowest BCUT2D eigenvalue weighted by atomic mass is 10.1. The molecule has 2 aromatic rings. The fourth-order valence-electron chi connectivity index (χ4n) is 2.18. The van der Waals surface area contributed by atoms with Gasteiger partial charge < -0.3 is 10.1 Å². The van der Waals surface area contributed by atoms with Gasteiger partial charge in [0.25, 0.3) is 0 Å². The highest BCUT2D eigenvalue weighted by Crippen LogP contribution is 2.35. The SMILES string of the molecule is CCNC(C)c1ccc(Br)cc1Oc1ccc(C)cc1Cl. The van der Waals surface area contributed by atoms with Crippen LogP contribution in [0.15, 0.2) is 40.9 Å². The van der Waals surface area contributed by atoms with Crippen molar-refractivity contribution in [3.05, 3.63) is 57.0 Å². The summed E-state index contributed by atoms with van der Waals surface area (Å²) < 4.78 is 7.02. The average molecular weight is 369 g/mol. The van der Waals surface area contributed by atoms with Crippen molar-refractivity contribution in [2.24, 2.45) is 0 Å². The molecule has 21 heavy (non-hydrogen) atoms. The van der Waals surface area contributed by atoms with Crippen molar-refractivity contribution in [1.82, 2.24) is 5.32 Å². The highest BCUT2D eigenvalue weighted by atomic mass is 79.9. The van der Waals surface area contributed by atoms with E-state index in [0.717, 1.165) is 27.9 Å². The molecular weight excluding hydrogens is 350 g/mol. The number of halogens is 2. The third-order valence-corrected chi connectivity index (χ3v) is 4.05. The first-order valence-corrected chi connectivity index (χ1v) is 8.15. The quantitative estimate of drug-likeness (QED) is 0.712. The summed E-state index contributed by atoms with van der Waals surface area (Å²) in [6.07, 6.45) is 0. The van der Waals surface area contributed by atoms with Crippen LogP contribution >= 0.6 is 27.5 Å². The van der Waals surface area contributed by atoms with E-state index in [1.165, 1.54) is 0 Å². The van der Waals surface area contributed by atoms with Gasteiger partial charge in [-0.2, -0.15) is 0 Å². The standard InChI is InChI=1S/C17H19BrClNO/c1-4-20-12(3)14-7-6-13(18)10-17(14)21-16-8-5-11(2)9-15(16)19/h5-10,12,20H,4H2,1-3H3. The summed E-state index contributed by atoms with van der Waals surface area (Å²) in [5.74, 6) is 1.48. The van der Waals surface area contributed by atoms with E-state index in [9.17, 15) is 0 Å². The molecule has 0 saturated carbocycles. The zero-order valence-electron chi connectivity index (χ0n) is 12.4. The number of hydrogen-bond donors (Lipinski definition) is 1. The smallest absolute Gasteiger partial charge is 0.146 e. The first kappa shape index (κ1) is 16.3. The van der Waals surface area contributed by atoms with Crippen molar-refractivity contribution in [3.8, 4) is 11.5 Å². The van der Waals surface area contributed by atoms with Crippen LogP contribution in [0, 0.1) is 6.92 Å². The summed E-state index contributed by atoms with van der Waals surface area (Å²) in [4.78, 5) is 0. The zero-order chi connectivity index (χ0) is 15.4. The van der Waals surface area contributed by atoms with Gasteiger partial charge in [-0.05, 0) is 50.2 Å². The Bertz CT molecular complexity index is 630. The fourth-order valence-corrected chi connectivity index (χ4v) is 2.79.